The first-order chi connectivity index (χ1) is 30.7. The summed E-state index contributed by atoms with van der Waals surface area (Å²) < 4.78 is 8.91. The number of hydrogen-bond donors (Lipinski definition) is 0. The van der Waals surface area contributed by atoms with Gasteiger partial charge in [0.05, 0.1) is 16.4 Å². The molecule has 0 aliphatic rings. The quantitative estimate of drug-likeness (QED) is 0.161. The standard InChI is InChI=1S/C57H36N4O/c1-4-13-37(14-5-1)39-23-27-41(28-24-39)55-58-56(60-57(59-55)45-18-12-17-43(35-45)38-15-6-2-7-16-38)42-29-25-40(26-30-42)44-31-33-51-49(36-44)53-52(62-51)34-32-48-47-21-10-11-22-50(47)61(54(48)53)46-19-8-3-9-20-46/h1-36H. The summed E-state index contributed by atoms with van der Waals surface area (Å²) in [5.41, 5.74) is 14.6. The normalized spacial score (nSPS) is 11.5. The van der Waals surface area contributed by atoms with Gasteiger partial charge in [-0.3, -0.25) is 0 Å². The van der Waals surface area contributed by atoms with E-state index in [2.05, 4.69) is 211 Å². The van der Waals surface area contributed by atoms with Gasteiger partial charge in [0.15, 0.2) is 17.5 Å². The molecule has 12 rings (SSSR count). The van der Waals surface area contributed by atoms with E-state index in [4.69, 9.17) is 19.4 Å². The molecule has 5 nitrogen and oxygen atoms in total. The van der Waals surface area contributed by atoms with Crippen molar-refractivity contribution in [2.45, 2.75) is 0 Å². The molecule has 0 spiro atoms. The van der Waals surface area contributed by atoms with E-state index in [1.54, 1.807) is 0 Å². The zero-order chi connectivity index (χ0) is 41.0. The Kier molecular flexibility index (Phi) is 8.42. The molecule has 0 aliphatic heterocycles. The molecule has 0 radical (unpaired) electrons. The van der Waals surface area contributed by atoms with E-state index in [1.165, 1.54) is 16.3 Å². The van der Waals surface area contributed by atoms with Gasteiger partial charge < -0.3 is 8.98 Å². The molecule has 0 aliphatic carbocycles. The van der Waals surface area contributed by atoms with Crippen molar-refractivity contribution in [3.8, 4) is 73.2 Å². The van der Waals surface area contributed by atoms with Crippen molar-refractivity contribution in [1.82, 2.24) is 19.5 Å². The molecule has 3 heterocycles. The molecular formula is C57H36N4O. The molecule has 0 unspecified atom stereocenters. The van der Waals surface area contributed by atoms with E-state index >= 15 is 0 Å². The Hall–Kier alpha value is -8.41. The van der Waals surface area contributed by atoms with Crippen molar-refractivity contribution in [2.24, 2.45) is 0 Å². The van der Waals surface area contributed by atoms with Gasteiger partial charge in [0.2, 0.25) is 0 Å². The lowest BCUT2D eigenvalue weighted by Gasteiger charge is -2.11. The molecule has 0 bridgehead atoms. The van der Waals surface area contributed by atoms with Crippen LogP contribution in [0.4, 0.5) is 0 Å². The summed E-state index contributed by atoms with van der Waals surface area (Å²) in [6.45, 7) is 0. The fraction of sp³-hybridized carbons (Fsp3) is 0. The van der Waals surface area contributed by atoms with Crippen molar-refractivity contribution in [3.63, 3.8) is 0 Å². The number of benzene rings is 9. The monoisotopic (exact) mass is 792 g/mol. The van der Waals surface area contributed by atoms with Gasteiger partial charge in [0.1, 0.15) is 11.2 Å². The summed E-state index contributed by atoms with van der Waals surface area (Å²) in [5.74, 6) is 1.85. The lowest BCUT2D eigenvalue weighted by atomic mass is 10.0. The van der Waals surface area contributed by atoms with Crippen LogP contribution >= 0.6 is 0 Å². The summed E-state index contributed by atoms with van der Waals surface area (Å²) >= 11 is 0. The number of furan rings is 1. The fourth-order valence-corrected chi connectivity index (χ4v) is 8.83. The van der Waals surface area contributed by atoms with Crippen LogP contribution in [0.1, 0.15) is 0 Å². The van der Waals surface area contributed by atoms with E-state index in [-0.39, 0.29) is 0 Å². The van der Waals surface area contributed by atoms with Crippen molar-refractivity contribution < 1.29 is 4.42 Å². The number of rotatable bonds is 7. The third kappa shape index (κ3) is 6.14. The molecular weight excluding hydrogens is 757 g/mol. The SMILES string of the molecule is c1ccc(-c2ccc(-c3nc(-c4ccc(-c5ccc6oc7ccc8c9ccccc9n(-c9ccccc9)c8c7c6c5)cc4)nc(-c4cccc(-c5ccccc5)c4)n3)cc2)cc1. The van der Waals surface area contributed by atoms with Gasteiger partial charge in [-0.25, -0.2) is 15.0 Å². The van der Waals surface area contributed by atoms with Gasteiger partial charge >= 0.3 is 0 Å². The molecule has 12 aromatic rings. The zero-order valence-corrected chi connectivity index (χ0v) is 33.5. The van der Waals surface area contributed by atoms with Crippen LogP contribution in [0.25, 0.3) is 117 Å². The summed E-state index contributed by atoms with van der Waals surface area (Å²) in [7, 11) is 0. The molecule has 0 atom stereocenters. The third-order valence-corrected chi connectivity index (χ3v) is 11.9. The highest BCUT2D eigenvalue weighted by molar-refractivity contribution is 6.24. The highest BCUT2D eigenvalue weighted by Gasteiger charge is 2.20. The first kappa shape index (κ1) is 35.5. The molecule has 3 aromatic heterocycles. The fourth-order valence-electron chi connectivity index (χ4n) is 8.83. The van der Waals surface area contributed by atoms with Gasteiger partial charge in [0, 0.05) is 38.5 Å². The van der Waals surface area contributed by atoms with Crippen LogP contribution in [0.2, 0.25) is 0 Å². The summed E-state index contributed by atoms with van der Waals surface area (Å²) in [4.78, 5) is 15.3. The lowest BCUT2D eigenvalue weighted by Crippen LogP contribution is -2.00. The highest BCUT2D eigenvalue weighted by Crippen LogP contribution is 2.42. The van der Waals surface area contributed by atoms with Crippen LogP contribution in [0.5, 0.6) is 0 Å². The van der Waals surface area contributed by atoms with Crippen molar-refractivity contribution in [1.29, 1.82) is 0 Å². The molecule has 0 saturated heterocycles. The third-order valence-electron chi connectivity index (χ3n) is 11.9. The second-order valence-electron chi connectivity index (χ2n) is 15.6. The van der Waals surface area contributed by atoms with Gasteiger partial charge in [-0.05, 0) is 81.9 Å². The maximum Gasteiger partial charge on any atom is 0.164 e. The van der Waals surface area contributed by atoms with E-state index in [9.17, 15) is 0 Å². The van der Waals surface area contributed by atoms with Crippen LogP contribution in [0, 0.1) is 0 Å². The Morgan fingerprint density at radius 1 is 0.306 bits per heavy atom. The minimum Gasteiger partial charge on any atom is -0.456 e. The second-order valence-corrected chi connectivity index (χ2v) is 15.6. The van der Waals surface area contributed by atoms with E-state index in [0.29, 0.717) is 17.5 Å². The number of para-hydroxylation sites is 2. The maximum atomic E-state index is 6.54. The van der Waals surface area contributed by atoms with Crippen LogP contribution in [0.3, 0.4) is 0 Å². The summed E-state index contributed by atoms with van der Waals surface area (Å²) in [6, 6.07) is 76.2. The van der Waals surface area contributed by atoms with E-state index in [0.717, 1.165) is 83.2 Å². The summed E-state index contributed by atoms with van der Waals surface area (Å²) in [5, 5.41) is 4.60. The van der Waals surface area contributed by atoms with Gasteiger partial charge in [-0.15, -0.1) is 0 Å². The Morgan fingerprint density at radius 2 is 0.774 bits per heavy atom. The largest absolute Gasteiger partial charge is 0.456 e. The van der Waals surface area contributed by atoms with E-state index < -0.39 is 0 Å². The number of fused-ring (bicyclic) bond motifs is 7. The van der Waals surface area contributed by atoms with Crippen molar-refractivity contribution in [2.75, 3.05) is 0 Å². The topological polar surface area (TPSA) is 56.7 Å². The first-order valence-corrected chi connectivity index (χ1v) is 20.8. The molecule has 62 heavy (non-hydrogen) atoms. The molecule has 0 N–H and O–H groups in total. The Labute approximate surface area is 357 Å². The Bertz CT molecular complexity index is 3590. The maximum absolute atomic E-state index is 6.54. The average molecular weight is 793 g/mol. The predicted octanol–water partition coefficient (Wildman–Crippen LogP) is 14.9. The van der Waals surface area contributed by atoms with Gasteiger partial charge in [-0.2, -0.15) is 0 Å². The van der Waals surface area contributed by atoms with Crippen molar-refractivity contribution in [3.05, 3.63) is 218 Å². The smallest absolute Gasteiger partial charge is 0.164 e. The number of hydrogen-bond acceptors (Lipinski definition) is 4. The molecule has 0 fully saturated rings. The molecule has 5 heteroatoms. The first-order valence-electron chi connectivity index (χ1n) is 20.8. The highest BCUT2D eigenvalue weighted by atomic mass is 16.3. The second kappa shape index (κ2) is 14.7. The van der Waals surface area contributed by atoms with Gasteiger partial charge in [-0.1, -0.05) is 170 Å². The van der Waals surface area contributed by atoms with Crippen LogP contribution in [-0.4, -0.2) is 19.5 Å². The van der Waals surface area contributed by atoms with Crippen LogP contribution in [-0.2, 0) is 0 Å². The predicted molar refractivity (Wildman–Crippen MR) is 254 cm³/mol. The molecule has 0 saturated carbocycles. The average Bonchev–Trinajstić information content (AvgIpc) is 3.90. The minimum atomic E-state index is 0.612. The van der Waals surface area contributed by atoms with Crippen molar-refractivity contribution >= 4 is 43.7 Å². The van der Waals surface area contributed by atoms with Crippen LogP contribution in [0.15, 0.2) is 223 Å². The Balaban J connectivity index is 0.962. The zero-order valence-electron chi connectivity index (χ0n) is 33.5. The molecule has 290 valence electrons. The molecule has 9 aromatic carbocycles. The lowest BCUT2D eigenvalue weighted by molar-refractivity contribution is 0.669. The number of aromatic nitrogens is 4. The number of nitrogens with zero attached hydrogens (tertiary/aromatic N) is 4. The van der Waals surface area contributed by atoms with E-state index in [1.807, 2.05) is 12.1 Å². The van der Waals surface area contributed by atoms with Crippen LogP contribution < -0.4 is 0 Å². The van der Waals surface area contributed by atoms with Gasteiger partial charge in [0.25, 0.3) is 0 Å². The molecule has 0 amide bonds. The Morgan fingerprint density at radius 3 is 1.45 bits per heavy atom. The minimum absolute atomic E-state index is 0.612. The summed E-state index contributed by atoms with van der Waals surface area (Å²) in [6.07, 6.45) is 0.